The van der Waals surface area contributed by atoms with Gasteiger partial charge in [0.15, 0.2) is 0 Å². The van der Waals surface area contributed by atoms with E-state index in [-0.39, 0.29) is 18.2 Å². The van der Waals surface area contributed by atoms with E-state index in [1.54, 1.807) is 12.1 Å². The first-order chi connectivity index (χ1) is 8.79. The van der Waals surface area contributed by atoms with E-state index in [4.69, 9.17) is 10.5 Å². The normalized spacial score (nSPS) is 19.8. The van der Waals surface area contributed by atoms with Gasteiger partial charge in [-0.15, -0.1) is 12.4 Å². The molecule has 1 aromatic rings. The van der Waals surface area contributed by atoms with Crippen molar-refractivity contribution in [1.29, 1.82) is 0 Å². The summed E-state index contributed by atoms with van der Waals surface area (Å²) in [6.07, 6.45) is 3.71. The summed E-state index contributed by atoms with van der Waals surface area (Å²) >= 11 is 0. The van der Waals surface area contributed by atoms with Crippen LogP contribution in [0.15, 0.2) is 24.3 Å². The van der Waals surface area contributed by atoms with Gasteiger partial charge in [-0.2, -0.15) is 0 Å². The SMILES string of the molecule is Cl.NCC1CCCCN1CCOc1ccc(F)cc1. The van der Waals surface area contributed by atoms with E-state index in [1.807, 2.05) is 0 Å². The summed E-state index contributed by atoms with van der Waals surface area (Å²) in [6, 6.07) is 6.64. The van der Waals surface area contributed by atoms with Crippen molar-refractivity contribution >= 4 is 12.4 Å². The quantitative estimate of drug-likeness (QED) is 0.904. The lowest BCUT2D eigenvalue weighted by atomic mass is 10.0. The molecule has 0 aromatic heterocycles. The summed E-state index contributed by atoms with van der Waals surface area (Å²) in [5.41, 5.74) is 5.77. The second kappa shape index (κ2) is 8.35. The Hall–Kier alpha value is -0.840. The highest BCUT2D eigenvalue weighted by Crippen LogP contribution is 2.16. The van der Waals surface area contributed by atoms with Crippen LogP contribution in [0.3, 0.4) is 0 Å². The molecule has 1 fully saturated rings. The number of likely N-dealkylation sites (tertiary alicyclic amines) is 1. The van der Waals surface area contributed by atoms with Crippen LogP contribution in [0.25, 0.3) is 0 Å². The molecule has 3 nitrogen and oxygen atoms in total. The number of piperidine rings is 1. The van der Waals surface area contributed by atoms with E-state index in [9.17, 15) is 4.39 Å². The van der Waals surface area contributed by atoms with Gasteiger partial charge in [0.2, 0.25) is 0 Å². The zero-order valence-corrected chi connectivity index (χ0v) is 11.9. The number of ether oxygens (including phenoxy) is 1. The second-order valence-electron chi connectivity index (χ2n) is 4.72. The van der Waals surface area contributed by atoms with Gasteiger partial charge in [0, 0.05) is 19.1 Å². The summed E-state index contributed by atoms with van der Waals surface area (Å²) in [4.78, 5) is 2.40. The van der Waals surface area contributed by atoms with Crippen LogP contribution in [0, 0.1) is 5.82 Å². The summed E-state index contributed by atoms with van der Waals surface area (Å²) < 4.78 is 18.3. The van der Waals surface area contributed by atoms with Crippen molar-refractivity contribution in [2.24, 2.45) is 5.73 Å². The monoisotopic (exact) mass is 288 g/mol. The molecule has 1 aromatic carbocycles. The minimum atomic E-state index is -0.235. The van der Waals surface area contributed by atoms with Crippen molar-refractivity contribution in [3.8, 4) is 5.75 Å². The second-order valence-corrected chi connectivity index (χ2v) is 4.72. The molecular weight excluding hydrogens is 267 g/mol. The number of nitrogens with two attached hydrogens (primary N) is 1. The molecule has 108 valence electrons. The Labute approximate surface area is 120 Å². The van der Waals surface area contributed by atoms with Gasteiger partial charge in [0.25, 0.3) is 0 Å². The highest BCUT2D eigenvalue weighted by atomic mass is 35.5. The van der Waals surface area contributed by atoms with Gasteiger partial charge in [-0.05, 0) is 43.7 Å². The summed E-state index contributed by atoms with van der Waals surface area (Å²) in [5, 5.41) is 0. The fourth-order valence-electron chi connectivity index (χ4n) is 2.43. The zero-order valence-electron chi connectivity index (χ0n) is 11.1. The van der Waals surface area contributed by atoms with Crippen molar-refractivity contribution in [1.82, 2.24) is 4.90 Å². The van der Waals surface area contributed by atoms with Gasteiger partial charge >= 0.3 is 0 Å². The summed E-state index contributed by atoms with van der Waals surface area (Å²) in [5.74, 6) is 0.485. The average molecular weight is 289 g/mol. The zero-order chi connectivity index (χ0) is 12.8. The van der Waals surface area contributed by atoms with E-state index in [2.05, 4.69) is 4.90 Å². The predicted octanol–water partition coefficient (Wildman–Crippen LogP) is 2.44. The Morgan fingerprint density at radius 3 is 2.68 bits per heavy atom. The fourth-order valence-corrected chi connectivity index (χ4v) is 2.43. The smallest absolute Gasteiger partial charge is 0.123 e. The first-order valence-corrected chi connectivity index (χ1v) is 6.62. The lowest BCUT2D eigenvalue weighted by Crippen LogP contribution is -2.45. The highest BCUT2D eigenvalue weighted by molar-refractivity contribution is 5.85. The molecule has 19 heavy (non-hydrogen) atoms. The van der Waals surface area contributed by atoms with E-state index >= 15 is 0 Å². The van der Waals surface area contributed by atoms with Crippen molar-refractivity contribution in [3.63, 3.8) is 0 Å². The molecule has 1 aliphatic rings. The molecular formula is C14H22ClFN2O. The van der Waals surface area contributed by atoms with Crippen LogP contribution in [0.5, 0.6) is 5.75 Å². The fraction of sp³-hybridized carbons (Fsp3) is 0.571. The molecule has 0 bridgehead atoms. The van der Waals surface area contributed by atoms with Gasteiger partial charge in [0.05, 0.1) is 0 Å². The number of hydrogen-bond donors (Lipinski definition) is 1. The van der Waals surface area contributed by atoms with Gasteiger partial charge in [0.1, 0.15) is 18.2 Å². The Morgan fingerprint density at radius 2 is 2.00 bits per heavy atom. The highest BCUT2D eigenvalue weighted by Gasteiger charge is 2.20. The molecule has 0 saturated carbocycles. The third-order valence-electron chi connectivity index (χ3n) is 3.48. The molecule has 1 heterocycles. The maximum atomic E-state index is 12.7. The Kier molecular flexibility index (Phi) is 7.13. The first kappa shape index (κ1) is 16.2. The van der Waals surface area contributed by atoms with Crippen molar-refractivity contribution in [2.75, 3.05) is 26.2 Å². The van der Waals surface area contributed by atoms with Crippen LogP contribution in [-0.2, 0) is 0 Å². The van der Waals surface area contributed by atoms with Gasteiger partial charge in [-0.1, -0.05) is 6.42 Å². The van der Waals surface area contributed by atoms with Crippen molar-refractivity contribution in [2.45, 2.75) is 25.3 Å². The van der Waals surface area contributed by atoms with Crippen LogP contribution < -0.4 is 10.5 Å². The lowest BCUT2D eigenvalue weighted by molar-refractivity contribution is 0.127. The van der Waals surface area contributed by atoms with Crippen LogP contribution >= 0.6 is 12.4 Å². The van der Waals surface area contributed by atoms with Crippen LogP contribution in [-0.4, -0.2) is 37.2 Å². The van der Waals surface area contributed by atoms with E-state index in [0.717, 1.165) is 25.4 Å². The number of halogens is 2. The molecule has 0 aliphatic carbocycles. The number of benzene rings is 1. The van der Waals surface area contributed by atoms with E-state index < -0.39 is 0 Å². The molecule has 0 amide bonds. The lowest BCUT2D eigenvalue weighted by Gasteiger charge is -2.34. The Morgan fingerprint density at radius 1 is 1.26 bits per heavy atom. The Bertz CT molecular complexity index is 361. The standard InChI is InChI=1S/C14H21FN2O.ClH/c15-12-4-6-14(7-5-12)18-10-9-17-8-2-1-3-13(17)11-16;/h4-7,13H,1-3,8-11,16H2;1H. The summed E-state index contributed by atoms with van der Waals surface area (Å²) in [7, 11) is 0. The largest absolute Gasteiger partial charge is 0.492 e. The van der Waals surface area contributed by atoms with E-state index in [0.29, 0.717) is 12.6 Å². The first-order valence-electron chi connectivity index (χ1n) is 6.62. The summed E-state index contributed by atoms with van der Waals surface area (Å²) in [6.45, 7) is 3.34. The van der Waals surface area contributed by atoms with Crippen LogP contribution in [0.2, 0.25) is 0 Å². The van der Waals surface area contributed by atoms with Crippen molar-refractivity contribution in [3.05, 3.63) is 30.1 Å². The molecule has 1 aliphatic heterocycles. The van der Waals surface area contributed by atoms with Gasteiger partial charge < -0.3 is 10.5 Å². The average Bonchev–Trinajstić information content (AvgIpc) is 2.41. The van der Waals surface area contributed by atoms with Gasteiger partial charge in [-0.25, -0.2) is 4.39 Å². The van der Waals surface area contributed by atoms with Crippen molar-refractivity contribution < 1.29 is 9.13 Å². The number of rotatable bonds is 5. The molecule has 5 heteroatoms. The molecule has 1 unspecified atom stereocenters. The number of hydrogen-bond acceptors (Lipinski definition) is 3. The maximum Gasteiger partial charge on any atom is 0.123 e. The Balaban J connectivity index is 0.00000180. The predicted molar refractivity (Wildman–Crippen MR) is 77.4 cm³/mol. The molecule has 2 rings (SSSR count). The molecule has 0 spiro atoms. The molecule has 2 N–H and O–H groups in total. The van der Waals surface area contributed by atoms with Gasteiger partial charge in [-0.3, -0.25) is 4.90 Å². The third-order valence-corrected chi connectivity index (χ3v) is 3.48. The number of nitrogens with zero attached hydrogens (tertiary/aromatic N) is 1. The molecule has 1 saturated heterocycles. The molecule has 1 atom stereocenters. The molecule has 0 radical (unpaired) electrons. The minimum absolute atomic E-state index is 0. The minimum Gasteiger partial charge on any atom is -0.492 e. The maximum absolute atomic E-state index is 12.7. The van der Waals surface area contributed by atoms with Crippen LogP contribution in [0.1, 0.15) is 19.3 Å². The third kappa shape index (κ3) is 4.97. The van der Waals surface area contributed by atoms with E-state index in [1.165, 1.54) is 31.4 Å². The van der Waals surface area contributed by atoms with Crippen LogP contribution in [0.4, 0.5) is 4.39 Å². The topological polar surface area (TPSA) is 38.5 Å².